The number of carbonyl (C=O) groups is 2. The molecule has 1 fully saturated rings. The summed E-state index contributed by atoms with van der Waals surface area (Å²) in [5, 5.41) is 9.26. The number of carboxylic acid groups (broad SMARTS) is 1. The minimum absolute atomic E-state index is 0.265. The predicted octanol–water partition coefficient (Wildman–Crippen LogP) is 1.04. The molecule has 20 heavy (non-hydrogen) atoms. The molecule has 1 aliphatic rings. The van der Waals surface area contributed by atoms with E-state index in [2.05, 4.69) is 15.9 Å². The zero-order valence-corrected chi connectivity index (χ0v) is 12.3. The Morgan fingerprint density at radius 1 is 1.60 bits per heavy atom. The lowest BCUT2D eigenvalue weighted by Gasteiger charge is -2.37. The summed E-state index contributed by atoms with van der Waals surface area (Å²) < 4.78 is 15.9. The molecule has 7 nitrogen and oxygen atoms in total. The van der Waals surface area contributed by atoms with Gasteiger partial charge in [0.05, 0.1) is 6.61 Å². The number of carboxylic acids is 1. The molecule has 1 saturated heterocycles. The highest BCUT2D eigenvalue weighted by Gasteiger charge is 2.43. The second-order valence-electron chi connectivity index (χ2n) is 4.24. The zero-order chi connectivity index (χ0) is 14.7. The van der Waals surface area contributed by atoms with E-state index in [1.165, 1.54) is 12.0 Å². The van der Waals surface area contributed by atoms with Gasteiger partial charge in [-0.3, -0.25) is 4.79 Å². The smallest absolute Gasteiger partial charge is 0.335 e. The lowest BCUT2D eigenvalue weighted by Crippen LogP contribution is -2.52. The van der Waals surface area contributed by atoms with Gasteiger partial charge < -0.3 is 23.9 Å². The summed E-state index contributed by atoms with van der Waals surface area (Å²) in [7, 11) is 1.51. The standard InChI is InChI=1S/C12H14BrNO6/c1-18-5-4-14-9(15)6-19-11(12(16)17)10(14)7-2-3-8(13)20-7/h2-3,10-11H,4-6H2,1H3,(H,16,17). The number of hydrogen-bond acceptors (Lipinski definition) is 5. The molecule has 0 aliphatic carbocycles. The molecule has 2 heterocycles. The van der Waals surface area contributed by atoms with Crippen LogP contribution >= 0.6 is 15.9 Å². The number of ether oxygens (including phenoxy) is 2. The van der Waals surface area contributed by atoms with Crippen LogP contribution in [0, 0.1) is 0 Å². The van der Waals surface area contributed by atoms with Gasteiger partial charge in [0.15, 0.2) is 10.8 Å². The molecule has 2 atom stereocenters. The Morgan fingerprint density at radius 3 is 2.90 bits per heavy atom. The Kier molecular flexibility index (Phi) is 4.79. The minimum Gasteiger partial charge on any atom is -0.479 e. The lowest BCUT2D eigenvalue weighted by atomic mass is 10.0. The quantitative estimate of drug-likeness (QED) is 0.855. The second kappa shape index (κ2) is 6.38. The maximum Gasteiger partial charge on any atom is 0.335 e. The van der Waals surface area contributed by atoms with E-state index in [1.54, 1.807) is 12.1 Å². The largest absolute Gasteiger partial charge is 0.479 e. The normalized spacial score (nSPS) is 23.1. The van der Waals surface area contributed by atoms with E-state index in [4.69, 9.17) is 13.9 Å². The highest BCUT2D eigenvalue weighted by atomic mass is 79.9. The number of furan rings is 1. The van der Waals surface area contributed by atoms with Gasteiger partial charge in [0, 0.05) is 13.7 Å². The Morgan fingerprint density at radius 2 is 2.35 bits per heavy atom. The van der Waals surface area contributed by atoms with Gasteiger partial charge in [0.25, 0.3) is 0 Å². The van der Waals surface area contributed by atoms with E-state index < -0.39 is 18.1 Å². The van der Waals surface area contributed by atoms with Crippen LogP contribution in [0.25, 0.3) is 0 Å². The van der Waals surface area contributed by atoms with Crippen molar-refractivity contribution in [3.05, 3.63) is 22.6 Å². The van der Waals surface area contributed by atoms with Crippen LogP contribution in [0.4, 0.5) is 0 Å². The number of hydrogen-bond donors (Lipinski definition) is 1. The average molecular weight is 348 g/mol. The van der Waals surface area contributed by atoms with Crippen molar-refractivity contribution < 1.29 is 28.6 Å². The lowest BCUT2D eigenvalue weighted by molar-refractivity contribution is -0.175. The van der Waals surface area contributed by atoms with Crippen LogP contribution in [0.3, 0.4) is 0 Å². The zero-order valence-electron chi connectivity index (χ0n) is 10.7. The third-order valence-corrected chi connectivity index (χ3v) is 3.42. The van der Waals surface area contributed by atoms with Crippen molar-refractivity contribution in [2.45, 2.75) is 12.1 Å². The van der Waals surface area contributed by atoms with Crippen LogP contribution in [-0.4, -0.2) is 54.9 Å². The fourth-order valence-corrected chi connectivity index (χ4v) is 2.42. The first-order valence-electron chi connectivity index (χ1n) is 5.92. The molecule has 0 bridgehead atoms. The van der Waals surface area contributed by atoms with Gasteiger partial charge >= 0.3 is 5.97 Å². The number of nitrogens with zero attached hydrogens (tertiary/aromatic N) is 1. The Labute approximate surface area is 123 Å². The molecule has 1 amide bonds. The number of aliphatic carboxylic acids is 1. The molecule has 8 heteroatoms. The van der Waals surface area contributed by atoms with Crippen LogP contribution in [0.1, 0.15) is 11.8 Å². The number of carbonyl (C=O) groups excluding carboxylic acids is 1. The molecule has 110 valence electrons. The van der Waals surface area contributed by atoms with Gasteiger partial charge in [-0.15, -0.1) is 0 Å². The monoisotopic (exact) mass is 347 g/mol. The molecular formula is C12H14BrNO6. The molecular weight excluding hydrogens is 334 g/mol. The molecule has 0 saturated carbocycles. The first-order chi connectivity index (χ1) is 9.54. The van der Waals surface area contributed by atoms with E-state index in [0.29, 0.717) is 17.0 Å². The third-order valence-electron chi connectivity index (χ3n) is 2.99. The van der Waals surface area contributed by atoms with Gasteiger partial charge in [0.2, 0.25) is 5.91 Å². The fraction of sp³-hybridized carbons (Fsp3) is 0.500. The maximum absolute atomic E-state index is 12.0. The van der Waals surface area contributed by atoms with Crippen molar-refractivity contribution in [1.82, 2.24) is 4.90 Å². The molecule has 1 aromatic heterocycles. The molecule has 0 radical (unpaired) electrons. The number of halogens is 1. The third kappa shape index (κ3) is 3.02. The summed E-state index contributed by atoms with van der Waals surface area (Å²) in [4.78, 5) is 24.7. The van der Waals surface area contributed by atoms with Crippen molar-refractivity contribution in [2.75, 3.05) is 26.9 Å². The van der Waals surface area contributed by atoms with Crippen LogP contribution in [-0.2, 0) is 19.1 Å². The molecule has 0 spiro atoms. The van der Waals surface area contributed by atoms with E-state index >= 15 is 0 Å². The summed E-state index contributed by atoms with van der Waals surface area (Å²) in [5.41, 5.74) is 0. The van der Waals surface area contributed by atoms with E-state index in [0.717, 1.165) is 0 Å². The van der Waals surface area contributed by atoms with E-state index in [-0.39, 0.29) is 19.1 Å². The first kappa shape index (κ1) is 15.0. The molecule has 2 unspecified atom stereocenters. The molecule has 1 N–H and O–H groups in total. The molecule has 2 rings (SSSR count). The minimum atomic E-state index is -1.16. The molecule has 1 aromatic rings. The number of morpholine rings is 1. The van der Waals surface area contributed by atoms with Crippen LogP contribution in [0.2, 0.25) is 0 Å². The van der Waals surface area contributed by atoms with Gasteiger partial charge in [-0.1, -0.05) is 0 Å². The summed E-state index contributed by atoms with van der Waals surface area (Å²) in [6.07, 6.45) is -1.16. The van der Waals surface area contributed by atoms with Crippen molar-refractivity contribution in [2.24, 2.45) is 0 Å². The van der Waals surface area contributed by atoms with Gasteiger partial charge in [-0.05, 0) is 28.1 Å². The summed E-state index contributed by atoms with van der Waals surface area (Å²) in [6.45, 7) is 0.307. The van der Waals surface area contributed by atoms with Crippen molar-refractivity contribution >= 4 is 27.8 Å². The van der Waals surface area contributed by atoms with Crippen molar-refractivity contribution in [3.63, 3.8) is 0 Å². The Balaban J connectivity index is 2.33. The predicted molar refractivity (Wildman–Crippen MR) is 70.1 cm³/mol. The summed E-state index contributed by atoms with van der Waals surface area (Å²) in [6, 6.07) is 2.45. The fourth-order valence-electron chi connectivity index (χ4n) is 2.10. The SMILES string of the molecule is COCCN1C(=O)COC(C(=O)O)C1c1ccc(Br)o1. The van der Waals surface area contributed by atoms with Crippen LogP contribution in [0.15, 0.2) is 21.2 Å². The second-order valence-corrected chi connectivity index (χ2v) is 5.02. The van der Waals surface area contributed by atoms with Gasteiger partial charge in [-0.25, -0.2) is 4.79 Å². The maximum atomic E-state index is 12.0. The highest BCUT2D eigenvalue weighted by Crippen LogP contribution is 2.32. The Hall–Kier alpha value is -1.38. The number of amides is 1. The van der Waals surface area contributed by atoms with E-state index in [1.807, 2.05) is 0 Å². The van der Waals surface area contributed by atoms with Gasteiger partial charge in [0.1, 0.15) is 18.4 Å². The number of rotatable bonds is 5. The summed E-state index contributed by atoms with van der Waals surface area (Å²) in [5.74, 6) is -1.08. The summed E-state index contributed by atoms with van der Waals surface area (Å²) >= 11 is 3.16. The van der Waals surface area contributed by atoms with E-state index in [9.17, 15) is 14.7 Å². The van der Waals surface area contributed by atoms with Crippen LogP contribution in [0.5, 0.6) is 0 Å². The Bertz CT molecular complexity index is 502. The van der Waals surface area contributed by atoms with Crippen molar-refractivity contribution in [1.29, 1.82) is 0 Å². The topological polar surface area (TPSA) is 89.2 Å². The van der Waals surface area contributed by atoms with Gasteiger partial charge in [-0.2, -0.15) is 0 Å². The number of methoxy groups -OCH3 is 1. The average Bonchev–Trinajstić information content (AvgIpc) is 2.83. The van der Waals surface area contributed by atoms with Crippen LogP contribution < -0.4 is 0 Å². The molecule has 0 aromatic carbocycles. The highest BCUT2D eigenvalue weighted by molar-refractivity contribution is 9.10. The van der Waals surface area contributed by atoms with Crippen molar-refractivity contribution in [3.8, 4) is 0 Å². The first-order valence-corrected chi connectivity index (χ1v) is 6.72. The molecule has 1 aliphatic heterocycles.